The lowest BCUT2D eigenvalue weighted by atomic mass is 10.1. The summed E-state index contributed by atoms with van der Waals surface area (Å²) < 4.78 is 0. The Bertz CT molecular complexity index is 687. The Hall–Kier alpha value is -1.91. The lowest BCUT2D eigenvalue weighted by Gasteiger charge is -2.15. The summed E-state index contributed by atoms with van der Waals surface area (Å²) in [6, 6.07) is 10.1. The fourth-order valence-electron chi connectivity index (χ4n) is 1.87. The summed E-state index contributed by atoms with van der Waals surface area (Å²) in [6.45, 7) is 0. The number of hydrogen-bond acceptors (Lipinski definition) is 3. The molecule has 1 amide bonds. The molecular weight excluding hydrogens is 309 g/mol. The molecule has 0 aromatic heterocycles. The summed E-state index contributed by atoms with van der Waals surface area (Å²) in [4.78, 5) is 14.1. The molecule has 0 unspecified atom stereocenters. The molecular formula is C15H15Cl2N3O. The summed E-state index contributed by atoms with van der Waals surface area (Å²) >= 11 is 12.1. The van der Waals surface area contributed by atoms with Gasteiger partial charge in [-0.1, -0.05) is 23.2 Å². The molecule has 0 atom stereocenters. The van der Waals surface area contributed by atoms with Gasteiger partial charge in [-0.3, -0.25) is 4.79 Å². The van der Waals surface area contributed by atoms with E-state index in [1.165, 1.54) is 6.07 Å². The molecule has 0 radical (unpaired) electrons. The number of halogens is 2. The Labute approximate surface area is 133 Å². The second-order valence-electron chi connectivity index (χ2n) is 4.75. The lowest BCUT2D eigenvalue weighted by molar-refractivity contribution is 0.102. The minimum absolute atomic E-state index is 0.329. The summed E-state index contributed by atoms with van der Waals surface area (Å²) in [6.07, 6.45) is 0. The van der Waals surface area contributed by atoms with Crippen molar-refractivity contribution in [1.82, 2.24) is 0 Å². The number of nitrogens with one attached hydrogen (secondary N) is 1. The highest BCUT2D eigenvalue weighted by atomic mass is 35.5. The molecule has 3 N–H and O–H groups in total. The predicted molar refractivity (Wildman–Crippen MR) is 89.6 cm³/mol. The molecule has 4 nitrogen and oxygen atoms in total. The average molecular weight is 324 g/mol. The van der Waals surface area contributed by atoms with Gasteiger partial charge in [-0.25, -0.2) is 0 Å². The van der Waals surface area contributed by atoms with E-state index in [-0.39, 0.29) is 5.91 Å². The Balaban J connectivity index is 2.24. The van der Waals surface area contributed by atoms with Gasteiger partial charge in [0.15, 0.2) is 0 Å². The summed E-state index contributed by atoms with van der Waals surface area (Å²) in [5, 5.41) is 3.76. The largest absolute Gasteiger partial charge is 0.398 e. The van der Waals surface area contributed by atoms with E-state index in [1.54, 1.807) is 24.3 Å². The smallest absolute Gasteiger partial charge is 0.257 e. The van der Waals surface area contributed by atoms with Crippen molar-refractivity contribution in [3.63, 3.8) is 0 Å². The molecule has 6 heteroatoms. The van der Waals surface area contributed by atoms with Crippen LogP contribution < -0.4 is 16.0 Å². The van der Waals surface area contributed by atoms with Crippen LogP contribution in [0.4, 0.5) is 17.1 Å². The van der Waals surface area contributed by atoms with Crippen molar-refractivity contribution >= 4 is 46.2 Å². The van der Waals surface area contributed by atoms with Crippen LogP contribution in [0.1, 0.15) is 10.4 Å². The van der Waals surface area contributed by atoms with Crippen LogP contribution in [0.25, 0.3) is 0 Å². The van der Waals surface area contributed by atoms with Crippen LogP contribution in [0.5, 0.6) is 0 Å². The highest BCUT2D eigenvalue weighted by Gasteiger charge is 2.12. The predicted octanol–water partition coefficient (Wildman–Crippen LogP) is 3.89. The molecule has 2 rings (SSSR count). The van der Waals surface area contributed by atoms with Gasteiger partial charge in [0, 0.05) is 30.5 Å². The van der Waals surface area contributed by atoms with Gasteiger partial charge in [-0.15, -0.1) is 0 Å². The van der Waals surface area contributed by atoms with Crippen LogP contribution in [0.3, 0.4) is 0 Å². The van der Waals surface area contributed by atoms with Gasteiger partial charge in [0.1, 0.15) is 0 Å². The van der Waals surface area contributed by atoms with E-state index < -0.39 is 0 Å². The number of anilines is 3. The number of nitrogens with two attached hydrogens (primary N) is 1. The molecule has 110 valence electrons. The highest BCUT2D eigenvalue weighted by Crippen LogP contribution is 2.28. The number of carbonyl (C=O) groups is 1. The molecule has 0 aliphatic heterocycles. The lowest BCUT2D eigenvalue weighted by Crippen LogP contribution is -2.14. The zero-order chi connectivity index (χ0) is 15.6. The zero-order valence-electron chi connectivity index (χ0n) is 11.7. The first-order chi connectivity index (χ1) is 9.88. The van der Waals surface area contributed by atoms with Gasteiger partial charge in [0.25, 0.3) is 5.91 Å². The molecule has 2 aromatic carbocycles. The molecule has 0 spiro atoms. The topological polar surface area (TPSA) is 58.4 Å². The van der Waals surface area contributed by atoms with Gasteiger partial charge in [0.05, 0.1) is 16.3 Å². The number of nitrogen functional groups attached to an aromatic ring is 1. The van der Waals surface area contributed by atoms with E-state index in [0.29, 0.717) is 27.0 Å². The SMILES string of the molecule is CN(C)c1ccc(NC(=O)c2cc(Cl)ccc2N)cc1Cl. The Kier molecular flexibility index (Phi) is 4.60. The number of rotatable bonds is 3. The van der Waals surface area contributed by atoms with Gasteiger partial charge < -0.3 is 16.0 Å². The first kappa shape index (κ1) is 15.5. The molecule has 0 aliphatic carbocycles. The van der Waals surface area contributed by atoms with Crippen molar-refractivity contribution in [3.8, 4) is 0 Å². The van der Waals surface area contributed by atoms with Gasteiger partial charge in [-0.2, -0.15) is 0 Å². The van der Waals surface area contributed by atoms with Crippen LogP contribution in [-0.2, 0) is 0 Å². The summed E-state index contributed by atoms with van der Waals surface area (Å²) in [5.74, 6) is -0.330. The van der Waals surface area contributed by atoms with E-state index in [1.807, 2.05) is 25.1 Å². The van der Waals surface area contributed by atoms with Crippen molar-refractivity contribution in [2.75, 3.05) is 30.0 Å². The summed E-state index contributed by atoms with van der Waals surface area (Å²) in [7, 11) is 3.79. The molecule has 0 heterocycles. The Morgan fingerprint density at radius 2 is 1.86 bits per heavy atom. The highest BCUT2D eigenvalue weighted by molar-refractivity contribution is 6.33. The first-order valence-corrected chi connectivity index (χ1v) is 6.97. The van der Waals surface area contributed by atoms with Gasteiger partial charge >= 0.3 is 0 Å². The minimum atomic E-state index is -0.330. The third kappa shape index (κ3) is 3.60. The number of nitrogens with zero attached hydrogens (tertiary/aromatic N) is 1. The molecule has 0 bridgehead atoms. The van der Waals surface area contributed by atoms with Crippen LogP contribution in [0.15, 0.2) is 36.4 Å². The number of hydrogen-bond donors (Lipinski definition) is 2. The first-order valence-electron chi connectivity index (χ1n) is 6.21. The van der Waals surface area contributed by atoms with E-state index in [0.717, 1.165) is 5.69 Å². The number of amides is 1. The Morgan fingerprint density at radius 3 is 2.48 bits per heavy atom. The Morgan fingerprint density at radius 1 is 1.14 bits per heavy atom. The van der Waals surface area contributed by atoms with E-state index in [4.69, 9.17) is 28.9 Å². The van der Waals surface area contributed by atoms with E-state index in [2.05, 4.69) is 5.32 Å². The zero-order valence-corrected chi connectivity index (χ0v) is 13.2. The second kappa shape index (κ2) is 6.24. The van der Waals surface area contributed by atoms with Crippen molar-refractivity contribution < 1.29 is 4.79 Å². The fourth-order valence-corrected chi connectivity index (χ4v) is 2.39. The quantitative estimate of drug-likeness (QED) is 0.842. The molecule has 21 heavy (non-hydrogen) atoms. The number of carbonyl (C=O) groups excluding carboxylic acids is 1. The van der Waals surface area contributed by atoms with E-state index in [9.17, 15) is 4.79 Å². The van der Waals surface area contributed by atoms with Crippen molar-refractivity contribution in [3.05, 3.63) is 52.0 Å². The van der Waals surface area contributed by atoms with Crippen molar-refractivity contribution in [1.29, 1.82) is 0 Å². The third-order valence-corrected chi connectivity index (χ3v) is 3.49. The average Bonchev–Trinajstić information content (AvgIpc) is 2.41. The molecule has 2 aromatic rings. The molecule has 0 fully saturated rings. The molecule has 0 saturated carbocycles. The standard InChI is InChI=1S/C15H15Cl2N3O/c1-20(2)14-6-4-10(8-12(14)17)19-15(21)11-7-9(16)3-5-13(11)18/h3-8H,18H2,1-2H3,(H,19,21). The van der Waals surface area contributed by atoms with Gasteiger partial charge in [-0.05, 0) is 36.4 Å². The molecule has 0 saturated heterocycles. The van der Waals surface area contributed by atoms with Crippen LogP contribution in [-0.4, -0.2) is 20.0 Å². The maximum absolute atomic E-state index is 12.2. The van der Waals surface area contributed by atoms with Crippen molar-refractivity contribution in [2.24, 2.45) is 0 Å². The fraction of sp³-hybridized carbons (Fsp3) is 0.133. The van der Waals surface area contributed by atoms with Gasteiger partial charge in [0.2, 0.25) is 0 Å². The number of benzene rings is 2. The monoisotopic (exact) mass is 323 g/mol. The van der Waals surface area contributed by atoms with Crippen molar-refractivity contribution in [2.45, 2.75) is 0 Å². The maximum Gasteiger partial charge on any atom is 0.257 e. The molecule has 0 aliphatic rings. The van der Waals surface area contributed by atoms with Crippen LogP contribution >= 0.6 is 23.2 Å². The van der Waals surface area contributed by atoms with Crippen LogP contribution in [0.2, 0.25) is 10.0 Å². The van der Waals surface area contributed by atoms with E-state index >= 15 is 0 Å². The van der Waals surface area contributed by atoms with Crippen LogP contribution in [0, 0.1) is 0 Å². The normalized spacial score (nSPS) is 10.3. The second-order valence-corrected chi connectivity index (χ2v) is 5.59. The minimum Gasteiger partial charge on any atom is -0.398 e. The third-order valence-electron chi connectivity index (χ3n) is 2.95. The summed E-state index contributed by atoms with van der Waals surface area (Å²) in [5.41, 5.74) is 7.95. The maximum atomic E-state index is 12.2.